The maximum Gasteiger partial charge on any atom is 0.490 e. The fraction of sp³-hybridized carbons (Fsp3) is 0.481. The zero-order valence-electron chi connectivity index (χ0n) is 23.3. The van der Waals surface area contributed by atoms with Gasteiger partial charge in [-0.3, -0.25) is 14.5 Å². The molecular weight excluding hydrogens is 593 g/mol. The summed E-state index contributed by atoms with van der Waals surface area (Å²) in [5.74, 6) is -3.61. The quantitative estimate of drug-likeness (QED) is 0.258. The van der Waals surface area contributed by atoms with Crippen molar-refractivity contribution in [3.05, 3.63) is 53.6 Å². The molecule has 3 rings (SSSR count). The molecule has 1 fully saturated rings. The summed E-state index contributed by atoms with van der Waals surface area (Å²) in [6.07, 6.45) is 2.20. The van der Waals surface area contributed by atoms with Crippen molar-refractivity contribution >= 4 is 35.5 Å². The summed E-state index contributed by atoms with van der Waals surface area (Å²) in [5, 5.41) is 28.8. The molecule has 12 nitrogen and oxygen atoms in total. The fourth-order valence-electron chi connectivity index (χ4n) is 4.43. The Balaban J connectivity index is 0.000000821. The summed E-state index contributed by atoms with van der Waals surface area (Å²) >= 11 is 1.52. The summed E-state index contributed by atoms with van der Waals surface area (Å²) in [6, 6.07) is 8.34. The lowest BCUT2D eigenvalue weighted by atomic mass is 10.1. The average Bonchev–Trinajstić information content (AvgIpc) is 3.63. The number of likely N-dealkylation sites (tertiary alicyclic amines) is 1. The van der Waals surface area contributed by atoms with E-state index in [4.69, 9.17) is 9.90 Å². The average molecular weight is 627 g/mol. The minimum Gasteiger partial charge on any atom is -0.480 e. The van der Waals surface area contributed by atoms with Gasteiger partial charge >= 0.3 is 18.1 Å². The predicted octanol–water partition coefficient (Wildman–Crippen LogP) is 2.27. The number of carboxylic acids is 2. The van der Waals surface area contributed by atoms with Crippen LogP contribution in [0.2, 0.25) is 0 Å². The van der Waals surface area contributed by atoms with Crippen molar-refractivity contribution < 1.29 is 42.6 Å². The molecule has 2 aromatic rings. The number of imidazole rings is 1. The van der Waals surface area contributed by atoms with Crippen LogP contribution in [0.3, 0.4) is 0 Å². The van der Waals surface area contributed by atoms with E-state index in [1.165, 1.54) is 11.8 Å². The lowest BCUT2D eigenvalue weighted by molar-refractivity contribution is -0.192. The number of carboxylic acid groups (broad SMARTS) is 2. The van der Waals surface area contributed by atoms with Crippen molar-refractivity contribution in [3.63, 3.8) is 0 Å². The molecule has 1 aliphatic heterocycles. The van der Waals surface area contributed by atoms with Crippen LogP contribution in [0.1, 0.15) is 36.1 Å². The first-order valence-electron chi connectivity index (χ1n) is 13.1. The zero-order chi connectivity index (χ0) is 32.0. The van der Waals surface area contributed by atoms with Crippen LogP contribution in [0.5, 0.6) is 0 Å². The molecule has 0 spiro atoms. The lowest BCUT2D eigenvalue weighted by Gasteiger charge is -2.31. The Morgan fingerprint density at radius 3 is 2.56 bits per heavy atom. The minimum absolute atomic E-state index is 0.00779. The summed E-state index contributed by atoms with van der Waals surface area (Å²) in [7, 11) is 0. The zero-order valence-corrected chi connectivity index (χ0v) is 24.2. The number of nitrogens with zero attached hydrogens (tertiary/aromatic N) is 4. The number of aromatic nitrogens is 2. The van der Waals surface area contributed by atoms with E-state index >= 15 is 0 Å². The number of benzene rings is 1. The highest BCUT2D eigenvalue weighted by Gasteiger charge is 2.38. The molecule has 1 saturated heterocycles. The van der Waals surface area contributed by atoms with Crippen LogP contribution in [0.25, 0.3) is 0 Å². The maximum atomic E-state index is 13.0. The summed E-state index contributed by atoms with van der Waals surface area (Å²) < 4.78 is 31.7. The number of hydrogen-bond donors (Lipinski definition) is 4. The number of nitriles is 1. The van der Waals surface area contributed by atoms with Gasteiger partial charge in [-0.2, -0.15) is 30.2 Å². The smallest absolute Gasteiger partial charge is 0.480 e. The summed E-state index contributed by atoms with van der Waals surface area (Å²) in [5.41, 5.74) is 2.04. The molecule has 2 amide bonds. The monoisotopic (exact) mass is 626 g/mol. The summed E-state index contributed by atoms with van der Waals surface area (Å²) in [6.45, 7) is 1.37. The number of aromatic amines is 1. The number of alkyl halides is 3. The molecule has 0 bridgehead atoms. The molecule has 16 heteroatoms. The Bertz CT molecular complexity index is 1270. The van der Waals surface area contributed by atoms with Gasteiger partial charge in [0.15, 0.2) is 0 Å². The number of amides is 2. The van der Waals surface area contributed by atoms with Crippen molar-refractivity contribution in [1.29, 1.82) is 5.26 Å². The van der Waals surface area contributed by atoms with Gasteiger partial charge in [-0.05, 0) is 42.9 Å². The molecule has 0 aliphatic carbocycles. The van der Waals surface area contributed by atoms with Crippen molar-refractivity contribution in [2.75, 3.05) is 31.6 Å². The highest BCUT2D eigenvalue weighted by molar-refractivity contribution is 7.98. The fourth-order valence-corrected chi connectivity index (χ4v) is 4.90. The van der Waals surface area contributed by atoms with E-state index in [0.717, 1.165) is 24.1 Å². The Hall–Kier alpha value is -4.10. The third-order valence-corrected chi connectivity index (χ3v) is 7.09. The number of carbonyl (C=O) groups excluding carboxylic acids is 2. The van der Waals surface area contributed by atoms with Gasteiger partial charge in [-0.15, -0.1) is 0 Å². The molecule has 2 heterocycles. The van der Waals surface area contributed by atoms with Crippen molar-refractivity contribution in [3.8, 4) is 6.07 Å². The number of halogens is 3. The van der Waals surface area contributed by atoms with Gasteiger partial charge in [0.2, 0.25) is 11.8 Å². The molecule has 0 radical (unpaired) electrons. The molecule has 1 aromatic heterocycles. The van der Waals surface area contributed by atoms with Crippen LogP contribution in [0.4, 0.5) is 13.2 Å². The second-order valence-electron chi connectivity index (χ2n) is 9.62. The first-order chi connectivity index (χ1) is 20.3. The first-order valence-corrected chi connectivity index (χ1v) is 14.5. The largest absolute Gasteiger partial charge is 0.490 e. The van der Waals surface area contributed by atoms with Gasteiger partial charge in [-0.25, -0.2) is 14.6 Å². The van der Waals surface area contributed by atoms with Gasteiger partial charge in [0.1, 0.15) is 6.04 Å². The standard InChI is InChI=1S/C25H32N6O4S.C2HF3O2/c1-36-10-8-22(25(34)35)29-23(32)16-30(14-19-6-3-2-5-18(19)12-26)15-21-7-4-9-31(21)24(33)11-20-13-27-17-28-20;3-2(4,5)1(6)7/h2-3,5-6,13,17,21-22H,4,7-11,14-16H2,1H3,(H,27,28)(H,29,32)(H,34,35);(H,6,7)/t21-,22?;/m0./s1. The maximum absolute atomic E-state index is 13.0. The molecule has 1 aliphatic rings. The Kier molecular flexibility index (Phi) is 14.0. The van der Waals surface area contributed by atoms with Gasteiger partial charge in [0.05, 0.1) is 30.9 Å². The molecule has 234 valence electrons. The number of nitrogens with one attached hydrogen (secondary N) is 2. The number of carbonyl (C=O) groups is 4. The summed E-state index contributed by atoms with van der Waals surface area (Å²) in [4.78, 5) is 57.0. The van der Waals surface area contributed by atoms with Gasteiger partial charge in [0.25, 0.3) is 0 Å². The third kappa shape index (κ3) is 12.0. The lowest BCUT2D eigenvalue weighted by Crippen LogP contribution is -2.49. The van der Waals surface area contributed by atoms with E-state index in [1.807, 2.05) is 28.2 Å². The van der Waals surface area contributed by atoms with Crippen LogP contribution in [0.15, 0.2) is 36.8 Å². The van der Waals surface area contributed by atoms with E-state index in [9.17, 15) is 37.9 Å². The highest BCUT2D eigenvalue weighted by atomic mass is 32.2. The van der Waals surface area contributed by atoms with Crippen LogP contribution in [-0.2, 0) is 32.1 Å². The van der Waals surface area contributed by atoms with E-state index in [1.54, 1.807) is 24.7 Å². The van der Waals surface area contributed by atoms with E-state index in [-0.39, 0.29) is 24.9 Å². The topological polar surface area (TPSA) is 180 Å². The van der Waals surface area contributed by atoms with Crippen LogP contribution < -0.4 is 5.32 Å². The SMILES string of the molecule is CSCCC(NC(=O)CN(Cc1ccccc1C#N)C[C@@H]1CCCN1C(=O)Cc1cnc[nH]1)C(=O)O.O=C(O)C(F)(F)F. The van der Waals surface area contributed by atoms with Gasteiger partial charge < -0.3 is 25.4 Å². The van der Waals surface area contributed by atoms with Crippen molar-refractivity contribution in [1.82, 2.24) is 25.1 Å². The number of aliphatic carboxylic acids is 2. The van der Waals surface area contributed by atoms with Gasteiger partial charge in [-0.1, -0.05) is 18.2 Å². The normalized spacial score (nSPS) is 15.3. The Morgan fingerprint density at radius 2 is 1.98 bits per heavy atom. The third-order valence-electron chi connectivity index (χ3n) is 6.45. The van der Waals surface area contributed by atoms with Crippen molar-refractivity contribution in [2.24, 2.45) is 0 Å². The van der Waals surface area contributed by atoms with E-state index in [2.05, 4.69) is 21.4 Å². The second kappa shape index (κ2) is 17.1. The van der Waals surface area contributed by atoms with E-state index < -0.39 is 30.1 Å². The number of thioether (sulfide) groups is 1. The second-order valence-corrected chi connectivity index (χ2v) is 10.6. The Labute approximate surface area is 250 Å². The molecule has 43 heavy (non-hydrogen) atoms. The van der Waals surface area contributed by atoms with Crippen LogP contribution >= 0.6 is 11.8 Å². The minimum atomic E-state index is -5.08. The number of hydrogen-bond acceptors (Lipinski definition) is 8. The van der Waals surface area contributed by atoms with E-state index in [0.29, 0.717) is 37.4 Å². The molecule has 0 saturated carbocycles. The van der Waals surface area contributed by atoms with Gasteiger partial charge in [0, 0.05) is 37.6 Å². The molecular formula is C27H33F3N6O6S. The molecule has 1 unspecified atom stereocenters. The Morgan fingerprint density at radius 1 is 1.28 bits per heavy atom. The molecule has 2 atom stereocenters. The number of rotatable bonds is 13. The van der Waals surface area contributed by atoms with Crippen LogP contribution in [0, 0.1) is 11.3 Å². The molecule has 4 N–H and O–H groups in total. The van der Waals surface area contributed by atoms with Crippen molar-refractivity contribution in [2.45, 2.75) is 50.5 Å². The molecule has 1 aromatic carbocycles. The predicted molar refractivity (Wildman–Crippen MR) is 150 cm³/mol. The first kappa shape index (κ1) is 35.1. The highest BCUT2D eigenvalue weighted by Crippen LogP contribution is 2.21. The number of H-pyrrole nitrogens is 1. The van der Waals surface area contributed by atoms with Crippen LogP contribution in [-0.4, -0.2) is 104 Å².